The first-order chi connectivity index (χ1) is 14.7. The van der Waals surface area contributed by atoms with E-state index in [4.69, 9.17) is 4.98 Å². The number of aromatic nitrogens is 3. The Labute approximate surface area is 184 Å². The van der Waals surface area contributed by atoms with E-state index in [2.05, 4.69) is 36.3 Å². The summed E-state index contributed by atoms with van der Waals surface area (Å²) in [5, 5.41) is 5.02. The van der Waals surface area contributed by atoms with E-state index >= 15 is 0 Å². The highest BCUT2D eigenvalue weighted by Gasteiger charge is 2.19. The molecule has 154 valence electrons. The van der Waals surface area contributed by atoms with Crippen LogP contribution >= 0.6 is 23.1 Å². The van der Waals surface area contributed by atoms with Gasteiger partial charge in [-0.1, -0.05) is 41.2 Å². The molecule has 30 heavy (non-hydrogen) atoms. The van der Waals surface area contributed by atoms with E-state index in [9.17, 15) is 4.79 Å². The first kappa shape index (κ1) is 20.6. The molecule has 0 saturated heterocycles. The number of thioether (sulfide) groups is 1. The second-order valence-corrected chi connectivity index (χ2v) is 9.22. The van der Waals surface area contributed by atoms with Crippen molar-refractivity contribution in [2.75, 3.05) is 17.2 Å². The van der Waals surface area contributed by atoms with Crippen molar-refractivity contribution in [3.05, 3.63) is 72.6 Å². The zero-order valence-electron chi connectivity index (χ0n) is 16.9. The summed E-state index contributed by atoms with van der Waals surface area (Å²) in [6.07, 6.45) is 5.01. The van der Waals surface area contributed by atoms with Crippen LogP contribution in [0.3, 0.4) is 0 Å². The van der Waals surface area contributed by atoms with Gasteiger partial charge in [0.1, 0.15) is 0 Å². The smallest absolute Gasteiger partial charge is 0.228 e. The molecule has 0 unspecified atom stereocenters. The van der Waals surface area contributed by atoms with Crippen LogP contribution in [-0.4, -0.2) is 33.0 Å². The summed E-state index contributed by atoms with van der Waals surface area (Å²) in [5.41, 5.74) is 2.20. The molecular weight excluding hydrogens is 412 g/mol. The van der Waals surface area contributed by atoms with Gasteiger partial charge in [-0.15, -0.1) is 11.8 Å². The molecule has 0 radical (unpaired) electrons. The molecule has 2 aromatic carbocycles. The molecular formula is C23H24N4OS2. The number of hydrogen-bond acceptors (Lipinski definition) is 5. The van der Waals surface area contributed by atoms with Crippen molar-refractivity contribution in [2.45, 2.75) is 31.2 Å². The summed E-state index contributed by atoms with van der Waals surface area (Å²) in [4.78, 5) is 20.9. The summed E-state index contributed by atoms with van der Waals surface area (Å²) in [6, 6.07) is 18.4. The van der Waals surface area contributed by atoms with Crippen LogP contribution in [0.15, 0.2) is 71.9 Å². The highest BCUT2D eigenvalue weighted by Crippen LogP contribution is 2.29. The molecule has 4 rings (SSSR count). The van der Waals surface area contributed by atoms with E-state index < -0.39 is 0 Å². The van der Waals surface area contributed by atoms with Crippen LogP contribution in [0.25, 0.3) is 10.2 Å². The largest absolute Gasteiger partial charge is 0.286 e. The standard InChI is InChI=1S/C23H24N4OS2/c1-18-9-11-19(12-10-18)29-17-4-8-22(28)27(16-15-26-14-5-13-24-26)23-25-20-6-2-3-7-21(20)30-23/h2-3,5-7,9-14H,4,8,15-17H2,1H3. The minimum atomic E-state index is 0.116. The number of hydrogen-bond donors (Lipinski definition) is 0. The van der Waals surface area contributed by atoms with Crippen LogP contribution in [-0.2, 0) is 11.3 Å². The van der Waals surface area contributed by atoms with Crippen molar-refractivity contribution in [1.29, 1.82) is 0 Å². The zero-order chi connectivity index (χ0) is 20.8. The van der Waals surface area contributed by atoms with Gasteiger partial charge in [-0.2, -0.15) is 5.10 Å². The third kappa shape index (κ3) is 5.29. The number of aryl methyl sites for hydroxylation is 1. The molecule has 2 heterocycles. The lowest BCUT2D eigenvalue weighted by Crippen LogP contribution is -2.34. The zero-order valence-corrected chi connectivity index (χ0v) is 18.5. The Morgan fingerprint density at radius 3 is 2.73 bits per heavy atom. The predicted octanol–water partition coefficient (Wildman–Crippen LogP) is 5.41. The number of benzene rings is 2. The number of anilines is 1. The Morgan fingerprint density at radius 2 is 1.97 bits per heavy atom. The Hall–Kier alpha value is -2.64. The molecule has 0 spiro atoms. The molecule has 0 aliphatic heterocycles. The van der Waals surface area contributed by atoms with E-state index in [0.29, 0.717) is 19.5 Å². The van der Waals surface area contributed by atoms with Gasteiger partial charge in [-0.25, -0.2) is 4.98 Å². The van der Waals surface area contributed by atoms with Gasteiger partial charge in [0.2, 0.25) is 5.91 Å². The maximum Gasteiger partial charge on any atom is 0.228 e. The van der Waals surface area contributed by atoms with Gasteiger partial charge in [0.15, 0.2) is 5.13 Å². The van der Waals surface area contributed by atoms with Gasteiger partial charge in [-0.3, -0.25) is 14.4 Å². The minimum absolute atomic E-state index is 0.116. The van der Waals surface area contributed by atoms with Crippen molar-refractivity contribution in [2.24, 2.45) is 0 Å². The second-order valence-electron chi connectivity index (χ2n) is 7.04. The van der Waals surface area contributed by atoms with Crippen molar-refractivity contribution >= 4 is 44.4 Å². The number of rotatable bonds is 9. The fourth-order valence-electron chi connectivity index (χ4n) is 3.12. The van der Waals surface area contributed by atoms with Gasteiger partial charge >= 0.3 is 0 Å². The monoisotopic (exact) mass is 436 g/mol. The fourth-order valence-corrected chi connectivity index (χ4v) is 4.98. The third-order valence-electron chi connectivity index (χ3n) is 4.75. The number of carbonyl (C=O) groups is 1. The van der Waals surface area contributed by atoms with Gasteiger partial charge in [0, 0.05) is 30.3 Å². The topological polar surface area (TPSA) is 51.0 Å². The van der Waals surface area contributed by atoms with Gasteiger partial charge in [0.05, 0.1) is 16.8 Å². The lowest BCUT2D eigenvalue weighted by molar-refractivity contribution is -0.118. The van der Waals surface area contributed by atoms with Gasteiger partial charge in [-0.05, 0) is 49.4 Å². The van der Waals surface area contributed by atoms with E-state index in [1.165, 1.54) is 10.5 Å². The predicted molar refractivity (Wildman–Crippen MR) is 125 cm³/mol. The SMILES string of the molecule is Cc1ccc(SCCCC(=O)N(CCn2cccn2)c2nc3ccccc3s2)cc1. The van der Waals surface area contributed by atoms with Crippen LogP contribution < -0.4 is 4.90 Å². The molecule has 0 aliphatic rings. The van der Waals surface area contributed by atoms with E-state index in [1.54, 1.807) is 29.3 Å². The highest BCUT2D eigenvalue weighted by molar-refractivity contribution is 7.99. The lowest BCUT2D eigenvalue weighted by atomic mass is 10.2. The molecule has 0 atom stereocenters. The molecule has 0 aliphatic carbocycles. The fraction of sp³-hybridized carbons (Fsp3) is 0.261. The normalized spacial score (nSPS) is 11.1. The molecule has 2 aromatic heterocycles. The van der Waals surface area contributed by atoms with Crippen molar-refractivity contribution in [3.8, 4) is 0 Å². The Morgan fingerprint density at radius 1 is 1.13 bits per heavy atom. The molecule has 5 nitrogen and oxygen atoms in total. The van der Waals surface area contributed by atoms with Gasteiger partial charge < -0.3 is 0 Å². The summed E-state index contributed by atoms with van der Waals surface area (Å²) < 4.78 is 2.94. The molecule has 0 fully saturated rings. The Balaban J connectivity index is 1.40. The first-order valence-corrected chi connectivity index (χ1v) is 11.8. The summed E-state index contributed by atoms with van der Waals surface area (Å²) in [6.45, 7) is 3.30. The minimum Gasteiger partial charge on any atom is -0.286 e. The van der Waals surface area contributed by atoms with Crippen LogP contribution in [0.2, 0.25) is 0 Å². The number of para-hydroxylation sites is 1. The van der Waals surface area contributed by atoms with Crippen molar-refractivity contribution < 1.29 is 4.79 Å². The quantitative estimate of drug-likeness (QED) is 0.260. The lowest BCUT2D eigenvalue weighted by Gasteiger charge is -2.20. The van der Waals surface area contributed by atoms with E-state index in [1.807, 2.05) is 46.1 Å². The number of carbonyl (C=O) groups excluding carboxylic acids is 1. The average Bonchev–Trinajstić information content (AvgIpc) is 3.42. The number of fused-ring (bicyclic) bond motifs is 1. The second kappa shape index (κ2) is 9.91. The summed E-state index contributed by atoms with van der Waals surface area (Å²) >= 11 is 3.36. The number of nitrogens with zero attached hydrogens (tertiary/aromatic N) is 4. The Kier molecular flexibility index (Phi) is 6.81. The molecule has 0 bridgehead atoms. The maximum atomic E-state index is 13.1. The van der Waals surface area contributed by atoms with Gasteiger partial charge in [0.25, 0.3) is 0 Å². The summed E-state index contributed by atoms with van der Waals surface area (Å²) in [7, 11) is 0. The van der Waals surface area contributed by atoms with Crippen LogP contribution in [0, 0.1) is 6.92 Å². The molecule has 7 heteroatoms. The maximum absolute atomic E-state index is 13.1. The number of amides is 1. The van der Waals surface area contributed by atoms with Crippen molar-refractivity contribution in [1.82, 2.24) is 14.8 Å². The molecule has 4 aromatic rings. The van der Waals surface area contributed by atoms with E-state index in [-0.39, 0.29) is 5.91 Å². The summed E-state index contributed by atoms with van der Waals surface area (Å²) in [5.74, 6) is 1.03. The van der Waals surface area contributed by atoms with Crippen LogP contribution in [0.5, 0.6) is 0 Å². The molecule has 0 saturated carbocycles. The number of thiazole rings is 1. The molecule has 1 amide bonds. The average molecular weight is 437 g/mol. The van der Waals surface area contributed by atoms with Crippen LogP contribution in [0.4, 0.5) is 5.13 Å². The molecule has 0 N–H and O–H groups in total. The Bertz CT molecular complexity index is 1060. The van der Waals surface area contributed by atoms with Crippen LogP contribution in [0.1, 0.15) is 18.4 Å². The third-order valence-corrected chi connectivity index (χ3v) is 6.91. The van der Waals surface area contributed by atoms with Crippen molar-refractivity contribution in [3.63, 3.8) is 0 Å². The van der Waals surface area contributed by atoms with E-state index in [0.717, 1.165) is 27.5 Å². The highest BCUT2D eigenvalue weighted by atomic mass is 32.2. The first-order valence-electron chi connectivity index (χ1n) is 10.0.